The Kier molecular flexibility index (Phi) is 4.45. The molecule has 0 bridgehead atoms. The van der Waals surface area contributed by atoms with Gasteiger partial charge in [0.15, 0.2) is 0 Å². The van der Waals surface area contributed by atoms with Crippen LogP contribution in [0.15, 0.2) is 0 Å². The molecular formula is C13H25NO. The van der Waals surface area contributed by atoms with Crippen molar-refractivity contribution in [1.29, 1.82) is 0 Å². The maximum Gasteiger partial charge on any atom is 0.0619 e. The quantitative estimate of drug-likeness (QED) is 0.779. The third-order valence-corrected chi connectivity index (χ3v) is 4.06. The van der Waals surface area contributed by atoms with Crippen molar-refractivity contribution < 1.29 is 4.74 Å². The van der Waals surface area contributed by atoms with Gasteiger partial charge in [-0.1, -0.05) is 32.1 Å². The Morgan fingerprint density at radius 1 is 0.867 bits per heavy atom. The molecule has 2 fully saturated rings. The summed E-state index contributed by atoms with van der Waals surface area (Å²) < 4.78 is 6.26. The number of hydrogen-bond donors (Lipinski definition) is 1. The standard InChI is InChI=1S/C13H25NO/c14-10-11-6-4-5-9-13(11)15-12-7-2-1-3-8-12/h11-13H,1-10,14H2. The van der Waals surface area contributed by atoms with Crippen LogP contribution in [0.1, 0.15) is 57.8 Å². The van der Waals surface area contributed by atoms with E-state index in [9.17, 15) is 0 Å². The molecule has 2 N–H and O–H groups in total. The first-order chi connectivity index (χ1) is 7.40. The van der Waals surface area contributed by atoms with Gasteiger partial charge in [-0.2, -0.15) is 0 Å². The Morgan fingerprint density at radius 2 is 1.53 bits per heavy atom. The number of nitrogens with two attached hydrogens (primary N) is 1. The molecule has 2 heteroatoms. The topological polar surface area (TPSA) is 35.2 Å². The molecule has 15 heavy (non-hydrogen) atoms. The van der Waals surface area contributed by atoms with Crippen LogP contribution < -0.4 is 5.73 Å². The second-order valence-electron chi connectivity index (χ2n) is 5.21. The molecule has 2 aliphatic carbocycles. The van der Waals surface area contributed by atoms with Crippen molar-refractivity contribution in [1.82, 2.24) is 0 Å². The van der Waals surface area contributed by atoms with Crippen LogP contribution in [0.3, 0.4) is 0 Å². The monoisotopic (exact) mass is 211 g/mol. The largest absolute Gasteiger partial charge is 0.375 e. The molecule has 0 saturated heterocycles. The van der Waals surface area contributed by atoms with Crippen LogP contribution in [-0.4, -0.2) is 18.8 Å². The minimum absolute atomic E-state index is 0.479. The van der Waals surface area contributed by atoms with E-state index in [1.807, 2.05) is 0 Å². The summed E-state index contributed by atoms with van der Waals surface area (Å²) in [6, 6.07) is 0. The Hall–Kier alpha value is -0.0800. The molecule has 0 radical (unpaired) electrons. The van der Waals surface area contributed by atoms with E-state index >= 15 is 0 Å². The highest BCUT2D eigenvalue weighted by molar-refractivity contribution is 4.78. The summed E-state index contributed by atoms with van der Waals surface area (Å²) in [5.74, 6) is 0.640. The molecule has 0 aliphatic heterocycles. The highest BCUT2D eigenvalue weighted by Crippen LogP contribution is 2.30. The molecule has 2 rings (SSSR count). The maximum absolute atomic E-state index is 6.26. The fraction of sp³-hybridized carbons (Fsp3) is 1.00. The number of hydrogen-bond acceptors (Lipinski definition) is 2. The van der Waals surface area contributed by atoms with E-state index in [1.165, 1.54) is 57.8 Å². The molecule has 2 atom stereocenters. The van der Waals surface area contributed by atoms with E-state index in [1.54, 1.807) is 0 Å². The molecule has 0 heterocycles. The SMILES string of the molecule is NCC1CCCCC1OC1CCCCC1. The van der Waals surface area contributed by atoms with Crippen LogP contribution in [0.2, 0.25) is 0 Å². The van der Waals surface area contributed by atoms with E-state index in [0.29, 0.717) is 18.1 Å². The molecule has 0 aromatic carbocycles. The van der Waals surface area contributed by atoms with Crippen LogP contribution in [0.25, 0.3) is 0 Å². The van der Waals surface area contributed by atoms with Crippen molar-refractivity contribution in [3.63, 3.8) is 0 Å². The van der Waals surface area contributed by atoms with Gasteiger partial charge in [-0.15, -0.1) is 0 Å². The van der Waals surface area contributed by atoms with Crippen LogP contribution in [0.5, 0.6) is 0 Å². The third kappa shape index (κ3) is 3.18. The lowest BCUT2D eigenvalue weighted by Crippen LogP contribution is -2.36. The minimum atomic E-state index is 0.479. The molecule has 88 valence electrons. The molecule has 2 saturated carbocycles. The molecule has 2 nitrogen and oxygen atoms in total. The Bertz CT molecular complexity index is 177. The summed E-state index contributed by atoms with van der Waals surface area (Å²) in [7, 11) is 0. The van der Waals surface area contributed by atoms with Crippen molar-refractivity contribution in [3.8, 4) is 0 Å². The number of ether oxygens (including phenoxy) is 1. The lowest BCUT2D eigenvalue weighted by atomic mass is 9.86. The van der Waals surface area contributed by atoms with Gasteiger partial charge in [0.05, 0.1) is 12.2 Å². The second-order valence-corrected chi connectivity index (χ2v) is 5.21. The predicted octanol–water partition coefficient (Wildman–Crippen LogP) is 2.85. The van der Waals surface area contributed by atoms with E-state index in [4.69, 9.17) is 10.5 Å². The molecule has 0 spiro atoms. The summed E-state index contributed by atoms with van der Waals surface area (Å²) in [5, 5.41) is 0. The smallest absolute Gasteiger partial charge is 0.0619 e. The van der Waals surface area contributed by atoms with Crippen LogP contribution in [0, 0.1) is 5.92 Å². The van der Waals surface area contributed by atoms with Crippen LogP contribution >= 0.6 is 0 Å². The average molecular weight is 211 g/mol. The molecule has 2 aliphatic rings. The van der Waals surface area contributed by atoms with Crippen molar-refractivity contribution in [2.45, 2.75) is 70.0 Å². The normalized spacial score (nSPS) is 34.2. The summed E-state index contributed by atoms with van der Waals surface area (Å²) >= 11 is 0. The zero-order valence-corrected chi connectivity index (χ0v) is 9.79. The summed E-state index contributed by atoms with van der Waals surface area (Å²) in [4.78, 5) is 0. The fourth-order valence-corrected chi connectivity index (χ4v) is 3.07. The molecule has 2 unspecified atom stereocenters. The molecule has 0 aromatic heterocycles. The second kappa shape index (κ2) is 5.86. The van der Waals surface area contributed by atoms with Crippen LogP contribution in [-0.2, 0) is 4.74 Å². The predicted molar refractivity (Wildman–Crippen MR) is 62.8 cm³/mol. The first-order valence-corrected chi connectivity index (χ1v) is 6.75. The summed E-state index contributed by atoms with van der Waals surface area (Å²) in [6.07, 6.45) is 13.0. The number of rotatable bonds is 3. The zero-order chi connectivity index (χ0) is 10.5. The Morgan fingerprint density at radius 3 is 2.27 bits per heavy atom. The fourth-order valence-electron chi connectivity index (χ4n) is 3.07. The van der Waals surface area contributed by atoms with Gasteiger partial charge >= 0.3 is 0 Å². The van der Waals surface area contributed by atoms with E-state index < -0.39 is 0 Å². The van der Waals surface area contributed by atoms with Crippen molar-refractivity contribution in [2.75, 3.05) is 6.54 Å². The lowest BCUT2D eigenvalue weighted by molar-refractivity contribution is -0.0701. The van der Waals surface area contributed by atoms with E-state index in [-0.39, 0.29) is 0 Å². The highest BCUT2D eigenvalue weighted by Gasteiger charge is 2.27. The van der Waals surface area contributed by atoms with Crippen molar-refractivity contribution in [3.05, 3.63) is 0 Å². The van der Waals surface area contributed by atoms with Gasteiger partial charge in [0.2, 0.25) is 0 Å². The Labute approximate surface area is 93.6 Å². The van der Waals surface area contributed by atoms with Gasteiger partial charge in [0.25, 0.3) is 0 Å². The first kappa shape index (κ1) is 11.4. The molecule has 0 aromatic rings. The van der Waals surface area contributed by atoms with E-state index in [0.717, 1.165) is 6.54 Å². The van der Waals surface area contributed by atoms with Gasteiger partial charge < -0.3 is 10.5 Å². The summed E-state index contributed by atoms with van der Waals surface area (Å²) in [6.45, 7) is 0.817. The highest BCUT2D eigenvalue weighted by atomic mass is 16.5. The van der Waals surface area contributed by atoms with Crippen molar-refractivity contribution >= 4 is 0 Å². The van der Waals surface area contributed by atoms with Crippen molar-refractivity contribution in [2.24, 2.45) is 11.7 Å². The minimum Gasteiger partial charge on any atom is -0.375 e. The van der Waals surface area contributed by atoms with Gasteiger partial charge in [-0.25, -0.2) is 0 Å². The van der Waals surface area contributed by atoms with Crippen LogP contribution in [0.4, 0.5) is 0 Å². The maximum atomic E-state index is 6.26. The average Bonchev–Trinajstić information content (AvgIpc) is 2.31. The Balaban J connectivity index is 1.79. The van der Waals surface area contributed by atoms with Gasteiger partial charge in [0, 0.05) is 0 Å². The van der Waals surface area contributed by atoms with Gasteiger partial charge in [-0.05, 0) is 38.1 Å². The van der Waals surface area contributed by atoms with E-state index in [2.05, 4.69) is 0 Å². The zero-order valence-electron chi connectivity index (χ0n) is 9.79. The van der Waals surface area contributed by atoms with Gasteiger partial charge in [0.1, 0.15) is 0 Å². The van der Waals surface area contributed by atoms with Gasteiger partial charge in [-0.3, -0.25) is 0 Å². The third-order valence-electron chi connectivity index (χ3n) is 4.06. The molecular weight excluding hydrogens is 186 g/mol. The molecule has 0 amide bonds. The summed E-state index contributed by atoms with van der Waals surface area (Å²) in [5.41, 5.74) is 5.82. The first-order valence-electron chi connectivity index (χ1n) is 6.75. The lowest BCUT2D eigenvalue weighted by Gasteiger charge is -2.35.